The lowest BCUT2D eigenvalue weighted by Crippen LogP contribution is -2.49. The van der Waals surface area contributed by atoms with Gasteiger partial charge in [-0.2, -0.15) is 4.31 Å². The first-order valence-electron chi connectivity index (χ1n) is 8.53. The number of carbonyl (C=O) groups excluding carboxylic acids is 1. The molecule has 0 bridgehead atoms. The lowest BCUT2D eigenvalue weighted by atomic mass is 10.0. The summed E-state index contributed by atoms with van der Waals surface area (Å²) in [4.78, 5) is 13.0. The Bertz CT molecular complexity index is 900. The van der Waals surface area contributed by atoms with Crippen molar-refractivity contribution in [1.29, 1.82) is 0 Å². The van der Waals surface area contributed by atoms with Crippen LogP contribution in [0.15, 0.2) is 57.9 Å². The van der Waals surface area contributed by atoms with Crippen LogP contribution in [-0.2, 0) is 14.8 Å². The van der Waals surface area contributed by atoms with Gasteiger partial charge in [-0.25, -0.2) is 8.42 Å². The number of hydrogen-bond acceptors (Lipinski definition) is 3. The van der Waals surface area contributed by atoms with Crippen LogP contribution in [0.25, 0.3) is 0 Å². The standard InChI is InChI=1S/C19H21BrN2O3S/c1-14-13-15(10-11-17(14)20)21-19(23)18-9-5-6-12-22(18)26(24,25)16-7-3-2-4-8-16/h2-4,7-8,10-11,13,18H,5-6,9,12H2,1H3,(H,21,23)/t18-/m0/s1. The van der Waals surface area contributed by atoms with E-state index >= 15 is 0 Å². The minimum absolute atomic E-state index is 0.221. The fourth-order valence-corrected chi connectivity index (χ4v) is 5.05. The van der Waals surface area contributed by atoms with Crippen molar-refractivity contribution >= 4 is 37.5 Å². The number of carbonyl (C=O) groups is 1. The third-order valence-electron chi connectivity index (χ3n) is 4.53. The van der Waals surface area contributed by atoms with E-state index in [1.54, 1.807) is 36.4 Å². The van der Waals surface area contributed by atoms with E-state index in [9.17, 15) is 13.2 Å². The molecule has 0 aliphatic carbocycles. The largest absolute Gasteiger partial charge is 0.325 e. The molecule has 138 valence electrons. The second-order valence-electron chi connectivity index (χ2n) is 6.39. The molecule has 3 rings (SSSR count). The predicted molar refractivity (Wildman–Crippen MR) is 105 cm³/mol. The summed E-state index contributed by atoms with van der Waals surface area (Å²) in [5.41, 5.74) is 1.67. The average Bonchev–Trinajstić information content (AvgIpc) is 2.65. The Balaban J connectivity index is 1.84. The Morgan fingerprint density at radius 1 is 1.15 bits per heavy atom. The Hall–Kier alpha value is -1.70. The van der Waals surface area contributed by atoms with Crippen LogP contribution in [0.4, 0.5) is 5.69 Å². The van der Waals surface area contributed by atoms with Gasteiger partial charge in [0.2, 0.25) is 15.9 Å². The molecule has 1 saturated heterocycles. The summed E-state index contributed by atoms with van der Waals surface area (Å²) in [6.45, 7) is 2.29. The summed E-state index contributed by atoms with van der Waals surface area (Å²) in [6, 6.07) is 13.1. The number of anilines is 1. The van der Waals surface area contributed by atoms with Crippen LogP contribution >= 0.6 is 15.9 Å². The van der Waals surface area contributed by atoms with Crippen LogP contribution < -0.4 is 5.32 Å². The van der Waals surface area contributed by atoms with Crippen molar-refractivity contribution in [2.24, 2.45) is 0 Å². The number of halogens is 1. The molecule has 0 saturated carbocycles. The Morgan fingerprint density at radius 2 is 1.88 bits per heavy atom. The van der Waals surface area contributed by atoms with Crippen molar-refractivity contribution in [2.45, 2.75) is 37.1 Å². The van der Waals surface area contributed by atoms with Crippen molar-refractivity contribution in [3.05, 3.63) is 58.6 Å². The number of nitrogens with one attached hydrogen (secondary N) is 1. The Morgan fingerprint density at radius 3 is 2.58 bits per heavy atom. The van der Waals surface area contributed by atoms with E-state index in [0.717, 1.165) is 22.9 Å². The number of hydrogen-bond donors (Lipinski definition) is 1. The van der Waals surface area contributed by atoms with Gasteiger partial charge in [-0.15, -0.1) is 0 Å². The summed E-state index contributed by atoms with van der Waals surface area (Å²) in [5.74, 6) is -0.286. The normalized spacial score (nSPS) is 18.5. The van der Waals surface area contributed by atoms with Crippen molar-refractivity contribution in [3.63, 3.8) is 0 Å². The van der Waals surface area contributed by atoms with Crippen molar-refractivity contribution < 1.29 is 13.2 Å². The monoisotopic (exact) mass is 436 g/mol. The van der Waals surface area contributed by atoms with Crippen molar-refractivity contribution in [1.82, 2.24) is 4.31 Å². The number of amides is 1. The summed E-state index contributed by atoms with van der Waals surface area (Å²) in [7, 11) is -3.70. The first-order chi connectivity index (χ1) is 12.4. The molecule has 0 aromatic heterocycles. The number of benzene rings is 2. The molecule has 1 aliphatic rings. The molecule has 2 aromatic carbocycles. The van der Waals surface area contributed by atoms with Gasteiger partial charge in [-0.1, -0.05) is 40.5 Å². The summed E-state index contributed by atoms with van der Waals surface area (Å²) in [5, 5.41) is 2.87. The number of sulfonamides is 1. The van der Waals surface area contributed by atoms with E-state index in [1.807, 2.05) is 19.1 Å². The third kappa shape index (κ3) is 4.00. The number of piperidine rings is 1. The molecule has 1 heterocycles. The Kier molecular flexibility index (Phi) is 5.79. The quantitative estimate of drug-likeness (QED) is 0.788. The zero-order chi connectivity index (χ0) is 18.7. The van der Waals surface area contributed by atoms with Gasteiger partial charge in [0.25, 0.3) is 0 Å². The van der Waals surface area contributed by atoms with E-state index in [-0.39, 0.29) is 10.8 Å². The second-order valence-corrected chi connectivity index (χ2v) is 9.14. The first-order valence-corrected chi connectivity index (χ1v) is 10.8. The van der Waals surface area contributed by atoms with E-state index in [0.29, 0.717) is 18.7 Å². The maximum absolute atomic E-state index is 13.0. The molecular weight excluding hydrogens is 416 g/mol. The molecule has 26 heavy (non-hydrogen) atoms. The van der Waals surface area contributed by atoms with Gasteiger partial charge < -0.3 is 5.32 Å². The van der Waals surface area contributed by atoms with Crippen LogP contribution in [0.1, 0.15) is 24.8 Å². The molecule has 1 atom stereocenters. The van der Waals surface area contributed by atoms with Gasteiger partial charge in [0.1, 0.15) is 6.04 Å². The number of nitrogens with zero attached hydrogens (tertiary/aromatic N) is 1. The van der Waals surface area contributed by atoms with Gasteiger partial charge in [-0.05, 0) is 55.7 Å². The Labute approximate surface area is 162 Å². The molecular formula is C19H21BrN2O3S. The second kappa shape index (κ2) is 7.90. The van der Waals surface area contributed by atoms with Gasteiger partial charge >= 0.3 is 0 Å². The highest BCUT2D eigenvalue weighted by molar-refractivity contribution is 9.10. The molecule has 1 amide bonds. The zero-order valence-electron chi connectivity index (χ0n) is 14.5. The van der Waals surface area contributed by atoms with Gasteiger partial charge in [0.05, 0.1) is 4.90 Å². The molecule has 1 aliphatic heterocycles. The lowest BCUT2D eigenvalue weighted by Gasteiger charge is -2.33. The highest BCUT2D eigenvalue weighted by Gasteiger charge is 2.37. The smallest absolute Gasteiger partial charge is 0.243 e. The van der Waals surface area contributed by atoms with Crippen LogP contribution in [0.5, 0.6) is 0 Å². The minimum Gasteiger partial charge on any atom is -0.325 e. The summed E-state index contributed by atoms with van der Waals surface area (Å²) < 4.78 is 28.3. The molecule has 0 unspecified atom stereocenters. The summed E-state index contributed by atoms with van der Waals surface area (Å²) in [6.07, 6.45) is 2.11. The van der Waals surface area contributed by atoms with Crippen LogP contribution in [-0.4, -0.2) is 31.2 Å². The highest BCUT2D eigenvalue weighted by atomic mass is 79.9. The van der Waals surface area contributed by atoms with E-state index in [2.05, 4.69) is 21.2 Å². The zero-order valence-corrected chi connectivity index (χ0v) is 16.9. The lowest BCUT2D eigenvalue weighted by molar-refractivity contribution is -0.120. The summed E-state index contributed by atoms with van der Waals surface area (Å²) >= 11 is 3.43. The maximum Gasteiger partial charge on any atom is 0.243 e. The molecule has 0 spiro atoms. The highest BCUT2D eigenvalue weighted by Crippen LogP contribution is 2.27. The topological polar surface area (TPSA) is 66.5 Å². The number of aryl methyl sites for hydroxylation is 1. The minimum atomic E-state index is -3.70. The third-order valence-corrected chi connectivity index (χ3v) is 7.34. The average molecular weight is 437 g/mol. The molecule has 2 aromatic rings. The van der Waals surface area contributed by atoms with Crippen LogP contribution in [0.3, 0.4) is 0 Å². The fourth-order valence-electron chi connectivity index (χ4n) is 3.13. The molecule has 1 fully saturated rings. The van der Waals surface area contributed by atoms with Crippen LogP contribution in [0.2, 0.25) is 0 Å². The van der Waals surface area contributed by atoms with Crippen molar-refractivity contribution in [3.8, 4) is 0 Å². The number of rotatable bonds is 4. The SMILES string of the molecule is Cc1cc(NC(=O)[C@@H]2CCCCN2S(=O)(=O)c2ccccc2)ccc1Br. The van der Waals surface area contributed by atoms with Crippen molar-refractivity contribution in [2.75, 3.05) is 11.9 Å². The predicted octanol–water partition coefficient (Wildman–Crippen LogP) is 3.94. The molecule has 7 heteroatoms. The van der Waals surface area contributed by atoms with E-state index in [1.165, 1.54) is 4.31 Å². The van der Waals surface area contributed by atoms with E-state index in [4.69, 9.17) is 0 Å². The van der Waals surface area contributed by atoms with Gasteiger partial charge in [0.15, 0.2) is 0 Å². The van der Waals surface area contributed by atoms with Gasteiger partial charge in [-0.3, -0.25) is 4.79 Å². The fraction of sp³-hybridized carbons (Fsp3) is 0.316. The molecule has 0 radical (unpaired) electrons. The molecule has 5 nitrogen and oxygen atoms in total. The van der Waals surface area contributed by atoms with E-state index < -0.39 is 16.1 Å². The first kappa shape index (κ1) is 19.1. The molecule has 1 N–H and O–H groups in total. The van der Waals surface area contributed by atoms with Gasteiger partial charge in [0, 0.05) is 16.7 Å². The van der Waals surface area contributed by atoms with Crippen LogP contribution in [0, 0.1) is 6.92 Å². The maximum atomic E-state index is 13.0.